The average Bonchev–Trinajstić information content (AvgIpc) is 1.56. The van der Waals surface area contributed by atoms with Gasteiger partial charge in [-0.3, -0.25) is 32.8 Å². The molecular formula is C102H154N8O29S3. The zero-order valence-corrected chi connectivity index (χ0v) is 85.5. The number of hydrogen-bond donors (Lipinski definition) is 12. The smallest absolute Gasteiger partial charge is 0.407 e. The number of ether oxygens (including phenoxy) is 5. The van der Waals surface area contributed by atoms with Crippen LogP contribution in [-0.2, 0) is 117 Å². The van der Waals surface area contributed by atoms with Crippen LogP contribution in [0.1, 0.15) is 288 Å². The van der Waals surface area contributed by atoms with Gasteiger partial charge >= 0.3 is 29.8 Å². The van der Waals surface area contributed by atoms with Crippen LogP contribution in [0.25, 0.3) is 0 Å². The molecule has 5 heterocycles. The predicted molar refractivity (Wildman–Crippen MR) is 509 cm³/mol. The molecule has 21 saturated carbocycles. The molecule has 28 rings (SSSR count). The lowest BCUT2D eigenvalue weighted by Gasteiger charge is -2.57. The fourth-order valence-corrected chi connectivity index (χ4v) is 30.1. The molecule has 8 spiro atoms. The first-order chi connectivity index (χ1) is 67.2. The third-order valence-corrected chi connectivity index (χ3v) is 37.9. The average molecular weight is 2050 g/mol. The Morgan fingerprint density at radius 3 is 0.993 bits per heavy atom. The number of carbonyl (C=O) groups excluding carboxylic acids is 5. The van der Waals surface area contributed by atoms with Crippen LogP contribution in [0.4, 0.5) is 4.79 Å². The SMILES string of the molecule is CC(C)(N)CNC(=O)OCC1CCC2(CC1)OOC1(O2)C2CC3CC(C2)CC1C3.CS(=O)(=O)O.Cc1ccc(S(=O)(=O)O)cc1.Cc1ccc(S(=O)(=O)O)cc1.NC1(CNC(=O)CC2CCC3(CC2)OOC2(O3)C3CC4CC(C3)CC2C4)CC1.O=C(NCC1CCC2(CC1)OOC1(O2)C2CC3CC(C2)CC1C3)C(=O)NC1CCNCC1.O=C(O)C(=O)NCC1CCC2(CC1)OOC1(O2)C2CC3CC(C2)CC1C3. The van der Waals surface area contributed by atoms with Crippen molar-refractivity contribution in [3.8, 4) is 0 Å². The number of hydrogen-bond acceptors (Lipinski definition) is 28. The number of alkyl carbamates (subject to hydrolysis) is 1. The van der Waals surface area contributed by atoms with Crippen molar-refractivity contribution in [2.75, 3.05) is 52.1 Å². The molecule has 0 aromatic heterocycles. The molecule has 40 heteroatoms. The van der Waals surface area contributed by atoms with Gasteiger partial charge in [0.25, 0.3) is 30.4 Å². The second-order valence-electron chi connectivity index (χ2n) is 47.9. The second-order valence-corrected chi connectivity index (χ2v) is 52.2. The topological polar surface area (TPSA) is 530 Å². The van der Waals surface area contributed by atoms with Gasteiger partial charge in [-0.2, -0.15) is 64.4 Å². The molecule has 2 aromatic carbocycles. The van der Waals surface area contributed by atoms with Crippen molar-refractivity contribution >= 4 is 66.0 Å². The van der Waals surface area contributed by atoms with E-state index in [2.05, 4.69) is 31.9 Å². The molecule has 26 aliphatic rings. The standard InChI is InChI=1S/C24H37N3O5.C22H36N2O5.C22H34N2O4.C19H27NO6.2C7H8O3S.CH4O3S/c28-21(22(29)27-20-3-7-25-8-4-20)26-14-15-1-5-23(6-2-15)30-24(32-31-23)18-10-16-9-17(12-18)13-19(24)11-16;1-20(2,23)13-24-19(25)26-12-14-3-5-21(6-4-14)27-22(29-28-21)17-8-15-7-16(10-17)11-18(22)9-15;23-20(5-6-20)13-24-19(25)12-14-1-3-21(4-2-14)26-22(28-27-21)17-8-15-7-16(10-17)11-18(22)9-15;21-16(17(22)23)20-10-11-1-3-18(4-2-11)24-19(26-25-18)14-6-12-5-13(8-14)9-15(19)7-12;2*1-6-2-4-7(5-3-6)11(8,9)10;1-5(2,3)4/h15-20,25H,1-14H2,(H,26,28)(H,27,29);14-18H,3-13,23H2,1-2H3,(H,24,25);14-18H,1-13,23H2,(H,24,25);11-15H,1-10H2,(H,20,21)(H,22,23);2*2-5H,1H3,(H,8,9,10);1H3,(H,2,3,4). The zero-order valence-electron chi connectivity index (χ0n) is 83.1. The number of carbonyl (C=O) groups is 6. The maximum absolute atomic E-state index is 12.3. The van der Waals surface area contributed by atoms with E-state index in [1.165, 1.54) is 153 Å². The number of carboxylic acids is 1. The molecule has 0 atom stereocenters. The molecule has 21 aliphatic carbocycles. The normalized spacial score (nSPS) is 40.7. The molecule has 16 bridgehead atoms. The van der Waals surface area contributed by atoms with Gasteiger partial charge < -0.3 is 72.2 Å². The first-order valence-corrected chi connectivity index (χ1v) is 57.8. The van der Waals surface area contributed by atoms with Gasteiger partial charge in [0.2, 0.25) is 52.2 Å². The van der Waals surface area contributed by atoms with Crippen LogP contribution in [0.3, 0.4) is 0 Å². The summed E-state index contributed by atoms with van der Waals surface area (Å²) < 4.78 is 117. The number of piperidine rings is 1. The summed E-state index contributed by atoms with van der Waals surface area (Å²) in [5, 5.41) is 25.8. The Morgan fingerprint density at radius 1 is 0.408 bits per heavy atom. The van der Waals surface area contributed by atoms with Gasteiger partial charge in [-0.1, -0.05) is 35.4 Å². The first-order valence-electron chi connectivity index (χ1n) is 53.1. The highest BCUT2D eigenvalue weighted by Gasteiger charge is 2.72. The molecule has 26 fully saturated rings. The van der Waals surface area contributed by atoms with Crippen LogP contribution in [0.5, 0.6) is 0 Å². The third-order valence-electron chi connectivity index (χ3n) is 36.2. The highest BCUT2D eigenvalue weighted by molar-refractivity contribution is 7.86. The van der Waals surface area contributed by atoms with Crippen LogP contribution < -0.4 is 43.4 Å². The minimum absolute atomic E-state index is 0.0666. The van der Waals surface area contributed by atoms with E-state index in [0.29, 0.717) is 111 Å². The lowest BCUT2D eigenvalue weighted by Crippen LogP contribution is -2.59. The van der Waals surface area contributed by atoms with Crippen molar-refractivity contribution in [1.82, 2.24) is 31.9 Å². The van der Waals surface area contributed by atoms with E-state index in [0.717, 1.165) is 200 Å². The predicted octanol–water partition coefficient (Wildman–Crippen LogP) is 12.6. The molecule has 0 radical (unpaired) electrons. The summed E-state index contributed by atoms with van der Waals surface area (Å²) in [6, 6.07) is 12.1. The summed E-state index contributed by atoms with van der Waals surface area (Å²) in [6.45, 7) is 11.5. The first kappa shape index (κ1) is 106. The summed E-state index contributed by atoms with van der Waals surface area (Å²) in [5.41, 5.74) is 13.3. The molecule has 14 N–H and O–H groups in total. The second kappa shape index (κ2) is 42.2. The molecule has 2 aromatic rings. The van der Waals surface area contributed by atoms with Crippen molar-refractivity contribution in [2.24, 2.45) is 130 Å². The Bertz CT molecular complexity index is 4940. The van der Waals surface area contributed by atoms with Crippen LogP contribution in [0.2, 0.25) is 0 Å². The molecule has 0 unspecified atom stereocenters. The molecule has 142 heavy (non-hydrogen) atoms. The Morgan fingerprint density at radius 2 is 0.704 bits per heavy atom. The Kier molecular flexibility index (Phi) is 31.5. The Labute approximate surface area is 834 Å². The number of carboxylic acid groups (broad SMARTS) is 1. The summed E-state index contributed by atoms with van der Waals surface area (Å²) in [6.07, 6.45) is 43.5. The highest BCUT2D eigenvalue weighted by Crippen LogP contribution is 2.69. The van der Waals surface area contributed by atoms with E-state index in [9.17, 15) is 54.0 Å². The van der Waals surface area contributed by atoms with Gasteiger partial charge in [0, 0.05) is 148 Å². The van der Waals surface area contributed by atoms with Crippen molar-refractivity contribution in [3.05, 3.63) is 59.7 Å². The summed E-state index contributed by atoms with van der Waals surface area (Å²) in [4.78, 5) is 118. The van der Waals surface area contributed by atoms with E-state index in [1.807, 2.05) is 27.7 Å². The highest BCUT2D eigenvalue weighted by atomic mass is 32.2. The minimum Gasteiger partial charge on any atom is -0.474 e. The fraction of sp³-hybridized carbons (Fsp3) is 0.824. The van der Waals surface area contributed by atoms with E-state index in [-0.39, 0.29) is 33.2 Å². The van der Waals surface area contributed by atoms with Gasteiger partial charge in [0.1, 0.15) is 0 Å². The van der Waals surface area contributed by atoms with Crippen molar-refractivity contribution in [3.63, 3.8) is 0 Å². The van der Waals surface area contributed by atoms with Gasteiger partial charge in [0.15, 0.2) is 0 Å². The Hall–Kier alpha value is -5.81. The summed E-state index contributed by atoms with van der Waals surface area (Å²) >= 11 is 0. The van der Waals surface area contributed by atoms with E-state index in [4.69, 9.17) is 93.0 Å². The van der Waals surface area contributed by atoms with Crippen LogP contribution in [-0.4, -0.2) is 195 Å². The summed E-state index contributed by atoms with van der Waals surface area (Å²) in [7, 11) is -11.7. The number of nitrogens with two attached hydrogens (primary N) is 2. The lowest BCUT2D eigenvalue weighted by molar-refractivity contribution is -0.390. The molecule has 5 aliphatic heterocycles. The van der Waals surface area contributed by atoms with Gasteiger partial charge in [-0.25, -0.2) is 9.59 Å². The minimum atomic E-state index is -4.02. The van der Waals surface area contributed by atoms with E-state index >= 15 is 0 Å². The monoisotopic (exact) mass is 2050 g/mol. The maximum atomic E-state index is 12.3. The van der Waals surface area contributed by atoms with Crippen molar-refractivity contribution in [2.45, 2.75) is 364 Å². The zero-order chi connectivity index (χ0) is 100. The van der Waals surface area contributed by atoms with Crippen molar-refractivity contribution < 1.29 is 136 Å². The third kappa shape index (κ3) is 24.7. The Balaban J connectivity index is 0.000000115. The van der Waals surface area contributed by atoms with Gasteiger partial charge in [-0.05, 0) is 342 Å². The van der Waals surface area contributed by atoms with Crippen LogP contribution in [0.15, 0.2) is 58.3 Å². The molecule has 5 saturated heterocycles. The number of amides is 5. The molecule has 37 nitrogen and oxygen atoms in total. The molecule has 5 amide bonds. The number of benzene rings is 2. The van der Waals surface area contributed by atoms with Crippen molar-refractivity contribution in [1.29, 1.82) is 0 Å². The van der Waals surface area contributed by atoms with E-state index < -0.39 is 112 Å². The van der Waals surface area contributed by atoms with Gasteiger partial charge in [-0.15, -0.1) is 0 Å². The summed E-state index contributed by atoms with van der Waals surface area (Å²) in [5.74, 6) is 4.43. The van der Waals surface area contributed by atoms with Crippen LogP contribution >= 0.6 is 0 Å². The van der Waals surface area contributed by atoms with Crippen LogP contribution in [0, 0.1) is 132 Å². The largest absolute Gasteiger partial charge is 0.474 e. The number of aliphatic carboxylic acids is 1. The fourth-order valence-electron chi connectivity index (χ4n) is 29.2. The molecular weight excluding hydrogens is 1900 g/mol. The van der Waals surface area contributed by atoms with E-state index in [1.54, 1.807) is 24.3 Å². The number of rotatable bonds is 15. The van der Waals surface area contributed by atoms with Gasteiger partial charge in [0.05, 0.1) is 22.7 Å². The quantitative estimate of drug-likeness (QED) is 0.0447. The number of aryl methyl sites for hydroxylation is 2. The number of nitrogens with one attached hydrogen (secondary N) is 6. The lowest BCUT2D eigenvalue weighted by atomic mass is 9.53. The maximum Gasteiger partial charge on any atom is 0.407 e. The molecule has 794 valence electrons.